The number of fused-ring (bicyclic) bond motifs is 2. The van der Waals surface area contributed by atoms with E-state index in [1.165, 1.54) is 10.4 Å². The van der Waals surface area contributed by atoms with Crippen molar-refractivity contribution in [3.63, 3.8) is 0 Å². The van der Waals surface area contributed by atoms with Crippen molar-refractivity contribution in [2.45, 2.75) is 53.5 Å². The van der Waals surface area contributed by atoms with Gasteiger partial charge >= 0.3 is 0 Å². The minimum absolute atomic E-state index is 0.122. The number of aromatic nitrogens is 1. The second-order valence-corrected chi connectivity index (χ2v) is 14.4. The molecule has 0 unspecified atom stereocenters. The normalized spacial score (nSPS) is 15.3. The van der Waals surface area contributed by atoms with Crippen molar-refractivity contribution in [2.24, 2.45) is 16.3 Å². The monoisotopic (exact) mass is 627 g/mol. The maximum Gasteiger partial charge on any atom is 0.259 e. The van der Waals surface area contributed by atoms with Gasteiger partial charge in [-0.05, 0) is 91.1 Å². The predicted molar refractivity (Wildman–Crippen MR) is 183 cm³/mol. The number of amides is 1. The van der Waals surface area contributed by atoms with Crippen LogP contribution in [0.1, 0.15) is 64.8 Å². The minimum atomic E-state index is -0.122. The first-order valence-corrected chi connectivity index (χ1v) is 16.2. The number of nitrogens with zero attached hydrogens (tertiary/aromatic N) is 2. The molecule has 6 rings (SSSR count). The summed E-state index contributed by atoms with van der Waals surface area (Å²) in [4.78, 5) is 20.2. The Bertz CT molecular complexity index is 1830. The first-order chi connectivity index (χ1) is 20.6. The summed E-state index contributed by atoms with van der Waals surface area (Å²) in [6, 6.07) is 23.7. The van der Waals surface area contributed by atoms with Gasteiger partial charge in [-0.25, -0.2) is 4.99 Å². The molecule has 2 aromatic heterocycles. The van der Waals surface area contributed by atoms with Gasteiger partial charge in [0.25, 0.3) is 5.91 Å². The van der Waals surface area contributed by atoms with Gasteiger partial charge in [0.05, 0.1) is 5.56 Å². The number of hydrogen-bond acceptors (Lipinski definition) is 3. The molecule has 1 aliphatic carbocycles. The second kappa shape index (κ2) is 12.0. The van der Waals surface area contributed by atoms with E-state index < -0.39 is 0 Å². The number of thiophene rings is 1. The molecular formula is C36H35Cl2N3OS. The zero-order valence-corrected chi connectivity index (χ0v) is 27.2. The molecule has 7 heteroatoms. The van der Waals surface area contributed by atoms with Gasteiger partial charge in [0.2, 0.25) is 0 Å². The Morgan fingerprint density at radius 3 is 2.40 bits per heavy atom. The Morgan fingerprint density at radius 2 is 1.70 bits per heavy atom. The van der Waals surface area contributed by atoms with E-state index in [1.54, 1.807) is 23.5 Å². The molecule has 0 saturated carbocycles. The molecule has 5 aromatic rings. The van der Waals surface area contributed by atoms with Gasteiger partial charge in [-0.15, -0.1) is 11.3 Å². The summed E-state index contributed by atoms with van der Waals surface area (Å²) >= 11 is 13.9. The van der Waals surface area contributed by atoms with Crippen LogP contribution in [0, 0.1) is 18.3 Å². The van der Waals surface area contributed by atoms with E-state index in [0.29, 0.717) is 22.2 Å². The number of benzene rings is 3. The molecule has 0 spiro atoms. The van der Waals surface area contributed by atoms with Crippen LogP contribution in [0.15, 0.2) is 77.8 Å². The first-order valence-electron chi connectivity index (χ1n) is 14.7. The lowest BCUT2D eigenvalue weighted by Crippen LogP contribution is -2.27. The van der Waals surface area contributed by atoms with Crippen molar-refractivity contribution in [3.05, 3.63) is 116 Å². The topological polar surface area (TPSA) is 46.4 Å². The molecule has 0 saturated heterocycles. The minimum Gasteiger partial charge on any atom is -0.340 e. The zero-order valence-electron chi connectivity index (χ0n) is 24.9. The van der Waals surface area contributed by atoms with E-state index in [0.717, 1.165) is 63.6 Å². The lowest BCUT2D eigenvalue weighted by Gasteiger charge is -2.33. The highest BCUT2D eigenvalue weighted by atomic mass is 35.5. The van der Waals surface area contributed by atoms with Crippen LogP contribution in [0.3, 0.4) is 0 Å². The van der Waals surface area contributed by atoms with E-state index in [9.17, 15) is 4.79 Å². The largest absolute Gasteiger partial charge is 0.340 e. The van der Waals surface area contributed by atoms with Crippen LogP contribution >= 0.6 is 34.5 Å². The highest BCUT2D eigenvalue weighted by Crippen LogP contribution is 2.45. The van der Waals surface area contributed by atoms with Crippen LogP contribution in [0.2, 0.25) is 10.0 Å². The van der Waals surface area contributed by atoms with Gasteiger partial charge < -0.3 is 9.88 Å². The van der Waals surface area contributed by atoms with Crippen LogP contribution in [-0.4, -0.2) is 16.7 Å². The number of aliphatic imine (C=N–C) groups is 1. The Labute approximate surface area is 267 Å². The summed E-state index contributed by atoms with van der Waals surface area (Å²) in [6.07, 6.45) is 4.87. The molecule has 1 aliphatic rings. The van der Waals surface area contributed by atoms with Crippen LogP contribution in [-0.2, 0) is 19.4 Å². The van der Waals surface area contributed by atoms with Gasteiger partial charge in [0, 0.05) is 55.5 Å². The Kier molecular flexibility index (Phi) is 8.25. The van der Waals surface area contributed by atoms with Crippen LogP contribution < -0.4 is 5.32 Å². The quantitative estimate of drug-likeness (QED) is 0.187. The molecule has 0 aliphatic heterocycles. The molecule has 0 radical (unpaired) electrons. The van der Waals surface area contributed by atoms with E-state index in [-0.39, 0.29) is 11.3 Å². The number of anilines is 1. The van der Waals surface area contributed by atoms with Crippen LogP contribution in [0.5, 0.6) is 0 Å². The molecule has 1 atom stereocenters. The fraction of sp³-hybridized carbons (Fsp3) is 0.278. The summed E-state index contributed by atoms with van der Waals surface area (Å²) in [5.74, 6) is 0.443. The lowest BCUT2D eigenvalue weighted by atomic mass is 9.72. The van der Waals surface area contributed by atoms with E-state index >= 15 is 0 Å². The molecule has 0 bridgehead atoms. The third-order valence-corrected chi connectivity index (χ3v) is 10.3. The number of halogens is 2. The van der Waals surface area contributed by atoms with Crippen molar-refractivity contribution in [3.8, 4) is 0 Å². The Balaban J connectivity index is 1.40. The fourth-order valence-electron chi connectivity index (χ4n) is 6.08. The van der Waals surface area contributed by atoms with Gasteiger partial charge in [-0.1, -0.05) is 74.3 Å². The number of carbonyl (C=O) groups is 1. The van der Waals surface area contributed by atoms with Crippen LogP contribution in [0.4, 0.5) is 10.7 Å². The number of carbonyl (C=O) groups excluding carboxylic acids is 1. The third kappa shape index (κ3) is 6.17. The Hall–Kier alpha value is -3.38. The van der Waals surface area contributed by atoms with Gasteiger partial charge in [-0.2, -0.15) is 0 Å². The van der Waals surface area contributed by atoms with E-state index in [2.05, 4.69) is 74.0 Å². The smallest absolute Gasteiger partial charge is 0.259 e. The summed E-state index contributed by atoms with van der Waals surface area (Å²) in [6.45, 7) is 9.80. The maximum atomic E-state index is 13.8. The van der Waals surface area contributed by atoms with Gasteiger partial charge in [0.1, 0.15) is 5.00 Å². The van der Waals surface area contributed by atoms with Gasteiger partial charge in [0.15, 0.2) is 0 Å². The fourth-order valence-corrected chi connectivity index (χ4v) is 7.60. The zero-order chi connectivity index (χ0) is 30.3. The van der Waals surface area contributed by atoms with Crippen molar-refractivity contribution in [1.82, 2.24) is 4.57 Å². The summed E-state index contributed by atoms with van der Waals surface area (Å²) in [5.41, 5.74) is 7.28. The van der Waals surface area contributed by atoms with Gasteiger partial charge in [-0.3, -0.25) is 4.79 Å². The van der Waals surface area contributed by atoms with E-state index in [1.807, 2.05) is 30.5 Å². The number of hydrogen-bond donors (Lipinski definition) is 1. The molecule has 2 heterocycles. The van der Waals surface area contributed by atoms with E-state index in [4.69, 9.17) is 28.2 Å². The number of nitrogens with one attached hydrogen (secondary N) is 1. The van der Waals surface area contributed by atoms with Crippen molar-refractivity contribution < 1.29 is 4.79 Å². The molecule has 4 nitrogen and oxygen atoms in total. The second-order valence-electron chi connectivity index (χ2n) is 12.4. The molecule has 3 aromatic carbocycles. The maximum absolute atomic E-state index is 13.8. The third-order valence-electron chi connectivity index (χ3n) is 8.65. The number of rotatable bonds is 6. The van der Waals surface area contributed by atoms with Crippen molar-refractivity contribution in [2.75, 3.05) is 5.32 Å². The van der Waals surface area contributed by atoms with Crippen molar-refractivity contribution in [1.29, 1.82) is 0 Å². The first kappa shape index (κ1) is 29.7. The SMILES string of the molecule is Cc1c(C=Nc2sc3c(c2C(=O)Nc2ccc(Cl)cc2)CC[C@@H](C(C)(C)C)C3)c2ccccc2n1Cc1ccc(Cl)cc1. The highest BCUT2D eigenvalue weighted by Gasteiger charge is 2.33. The van der Waals surface area contributed by atoms with Crippen molar-refractivity contribution >= 4 is 68.3 Å². The summed E-state index contributed by atoms with van der Waals surface area (Å²) < 4.78 is 2.32. The molecular weight excluding hydrogens is 593 g/mol. The summed E-state index contributed by atoms with van der Waals surface area (Å²) in [7, 11) is 0. The highest BCUT2D eigenvalue weighted by molar-refractivity contribution is 7.16. The average Bonchev–Trinajstić information content (AvgIpc) is 3.48. The van der Waals surface area contributed by atoms with Crippen LogP contribution in [0.25, 0.3) is 10.9 Å². The lowest BCUT2D eigenvalue weighted by molar-refractivity contribution is 0.102. The Morgan fingerprint density at radius 1 is 1.02 bits per heavy atom. The molecule has 1 N–H and O–H groups in total. The molecule has 0 fully saturated rings. The predicted octanol–water partition coefficient (Wildman–Crippen LogP) is 10.5. The standard InChI is InChI=1S/C36H35Cl2N3OS/c1-22-30(28-7-5-6-8-31(28)41(22)21-23-9-12-25(37)13-10-23)20-39-35-33(34(42)40-27-16-14-26(38)15-17-27)29-18-11-24(36(2,3)4)19-32(29)43-35/h5-10,12-17,20,24H,11,18-19,21H2,1-4H3,(H,40,42)/t24-/m1/s1. The molecule has 1 amide bonds. The molecule has 220 valence electrons. The number of para-hydroxylation sites is 1. The molecule has 43 heavy (non-hydrogen) atoms. The average molecular weight is 629 g/mol. The summed E-state index contributed by atoms with van der Waals surface area (Å²) in [5, 5.41) is 6.37.